The van der Waals surface area contributed by atoms with E-state index in [2.05, 4.69) is 0 Å². The number of halogens is 1. The number of rotatable bonds is 0. The maximum absolute atomic E-state index is 13.3. The Labute approximate surface area is 97.3 Å². The molecule has 2 aromatic carbocycles. The van der Waals surface area contributed by atoms with Crippen LogP contribution in [0.1, 0.15) is 11.7 Å². The summed E-state index contributed by atoms with van der Waals surface area (Å²) in [5, 5.41) is 1.67. The molecule has 0 saturated carbocycles. The van der Waals surface area contributed by atoms with Gasteiger partial charge in [0.25, 0.3) is 0 Å². The summed E-state index contributed by atoms with van der Waals surface area (Å²) in [5.41, 5.74) is 1.57. The quantitative estimate of drug-likeness (QED) is 0.574. The Morgan fingerprint density at radius 2 is 1.76 bits per heavy atom. The minimum atomic E-state index is -0.288. The SMILES string of the molecule is CC(=O)n1c2ccccc2c2cc([18F])ccc21. The normalized spacial score (nSPS) is 11.2. The van der Waals surface area contributed by atoms with Crippen molar-refractivity contribution in [2.24, 2.45) is 0 Å². The van der Waals surface area contributed by atoms with Crippen LogP contribution in [0.25, 0.3) is 21.8 Å². The largest absolute Gasteiger partial charge is 0.280 e. The van der Waals surface area contributed by atoms with Crippen LogP contribution < -0.4 is 0 Å². The first kappa shape index (κ1) is 10.0. The number of carbonyl (C=O) groups is 1. The van der Waals surface area contributed by atoms with Gasteiger partial charge >= 0.3 is 0 Å². The van der Waals surface area contributed by atoms with E-state index in [4.69, 9.17) is 0 Å². The van der Waals surface area contributed by atoms with E-state index in [0.29, 0.717) is 0 Å². The van der Waals surface area contributed by atoms with Gasteiger partial charge in [0.2, 0.25) is 5.91 Å². The molecule has 0 aliphatic rings. The predicted molar refractivity (Wildman–Crippen MR) is 65.7 cm³/mol. The van der Waals surface area contributed by atoms with Crippen molar-refractivity contribution in [2.45, 2.75) is 6.92 Å². The zero-order chi connectivity index (χ0) is 12.0. The van der Waals surface area contributed by atoms with E-state index in [1.165, 1.54) is 19.1 Å². The van der Waals surface area contributed by atoms with E-state index in [1.807, 2.05) is 24.3 Å². The monoisotopic (exact) mass is 226 g/mol. The zero-order valence-corrected chi connectivity index (χ0v) is 9.27. The fourth-order valence-corrected chi connectivity index (χ4v) is 2.28. The van der Waals surface area contributed by atoms with Gasteiger partial charge in [-0.2, -0.15) is 0 Å². The maximum atomic E-state index is 13.3. The van der Waals surface area contributed by atoms with Gasteiger partial charge in [0.05, 0.1) is 11.0 Å². The fourth-order valence-electron chi connectivity index (χ4n) is 2.28. The highest BCUT2D eigenvalue weighted by Gasteiger charge is 2.12. The van der Waals surface area contributed by atoms with Gasteiger partial charge in [-0.05, 0) is 24.3 Å². The second-order valence-corrected chi connectivity index (χ2v) is 4.03. The molecule has 0 aliphatic carbocycles. The van der Waals surface area contributed by atoms with Crippen molar-refractivity contribution in [1.29, 1.82) is 0 Å². The van der Waals surface area contributed by atoms with Crippen LogP contribution in [-0.4, -0.2) is 10.5 Å². The summed E-state index contributed by atoms with van der Waals surface area (Å²) in [5.74, 6) is -0.355. The lowest BCUT2D eigenvalue weighted by Crippen LogP contribution is -2.04. The topological polar surface area (TPSA) is 22.0 Å². The van der Waals surface area contributed by atoms with E-state index >= 15 is 0 Å². The first-order valence-electron chi connectivity index (χ1n) is 5.38. The Hall–Kier alpha value is -2.16. The van der Waals surface area contributed by atoms with Crippen LogP contribution in [-0.2, 0) is 0 Å². The number of carbonyl (C=O) groups excluding carboxylic acids is 1. The summed E-state index contributed by atoms with van der Waals surface area (Å²) in [7, 11) is 0. The summed E-state index contributed by atoms with van der Waals surface area (Å²) < 4.78 is 14.9. The first-order valence-corrected chi connectivity index (χ1v) is 5.38. The van der Waals surface area contributed by atoms with Gasteiger partial charge in [0, 0.05) is 17.7 Å². The molecule has 84 valence electrons. The molecule has 0 radical (unpaired) electrons. The molecule has 0 bridgehead atoms. The van der Waals surface area contributed by atoms with Crippen LogP contribution >= 0.6 is 0 Å². The molecular formula is C14H10FNO. The number of benzene rings is 2. The number of para-hydroxylation sites is 1. The minimum Gasteiger partial charge on any atom is -0.280 e. The summed E-state index contributed by atoms with van der Waals surface area (Å²) in [4.78, 5) is 11.7. The Morgan fingerprint density at radius 1 is 1.06 bits per heavy atom. The lowest BCUT2D eigenvalue weighted by atomic mass is 10.1. The molecule has 0 unspecified atom stereocenters. The molecule has 0 spiro atoms. The van der Waals surface area contributed by atoms with Crippen molar-refractivity contribution in [3.05, 3.63) is 48.3 Å². The standard InChI is InChI=1S/C14H10FNO/c1-9(17)16-13-5-3-2-4-11(13)12-8-10(15)6-7-14(12)16/h2-8H,1H3/i15-1. The van der Waals surface area contributed by atoms with Crippen molar-refractivity contribution in [3.63, 3.8) is 0 Å². The summed E-state index contributed by atoms with van der Waals surface area (Å²) in [6.07, 6.45) is 0. The smallest absolute Gasteiger partial charge is 0.228 e. The predicted octanol–water partition coefficient (Wildman–Crippen LogP) is 3.59. The van der Waals surface area contributed by atoms with Crippen LogP contribution in [0.4, 0.5) is 4.39 Å². The zero-order valence-electron chi connectivity index (χ0n) is 9.27. The highest BCUT2D eigenvalue weighted by Crippen LogP contribution is 2.29. The van der Waals surface area contributed by atoms with Crippen molar-refractivity contribution >= 4 is 27.7 Å². The molecule has 3 rings (SSSR count). The van der Waals surface area contributed by atoms with Crippen molar-refractivity contribution in [3.8, 4) is 0 Å². The molecule has 2 nitrogen and oxygen atoms in total. The summed E-state index contributed by atoms with van der Waals surface area (Å²) in [6.45, 7) is 1.51. The summed E-state index contributed by atoms with van der Waals surface area (Å²) in [6, 6.07) is 12.0. The average Bonchev–Trinajstić information content (AvgIpc) is 2.63. The third-order valence-electron chi connectivity index (χ3n) is 2.95. The van der Waals surface area contributed by atoms with Gasteiger partial charge < -0.3 is 0 Å². The van der Waals surface area contributed by atoms with Crippen molar-refractivity contribution < 1.29 is 9.18 Å². The van der Waals surface area contributed by atoms with Crippen LogP contribution in [0.2, 0.25) is 0 Å². The molecular weight excluding hydrogens is 216 g/mol. The van der Waals surface area contributed by atoms with Gasteiger partial charge in [-0.3, -0.25) is 9.36 Å². The van der Waals surface area contributed by atoms with Gasteiger partial charge in [0.1, 0.15) is 5.82 Å². The van der Waals surface area contributed by atoms with Crippen LogP contribution in [0.3, 0.4) is 0 Å². The Morgan fingerprint density at radius 3 is 2.53 bits per heavy atom. The van der Waals surface area contributed by atoms with E-state index in [1.54, 1.807) is 10.6 Å². The molecule has 3 aromatic rings. The number of aromatic nitrogens is 1. The molecule has 0 N–H and O–H groups in total. The number of hydrogen-bond donors (Lipinski definition) is 0. The first-order chi connectivity index (χ1) is 8.18. The van der Waals surface area contributed by atoms with Gasteiger partial charge in [-0.1, -0.05) is 18.2 Å². The number of nitrogens with zero attached hydrogens (tertiary/aromatic N) is 1. The third-order valence-corrected chi connectivity index (χ3v) is 2.95. The molecule has 1 aromatic heterocycles. The highest BCUT2D eigenvalue weighted by molar-refractivity contribution is 6.12. The van der Waals surface area contributed by atoms with Crippen LogP contribution in [0.5, 0.6) is 0 Å². The lowest BCUT2D eigenvalue weighted by molar-refractivity contribution is 0.0946. The molecule has 3 heteroatoms. The molecule has 0 atom stereocenters. The number of fused-ring (bicyclic) bond motifs is 3. The van der Waals surface area contributed by atoms with E-state index in [9.17, 15) is 9.18 Å². The molecule has 0 aliphatic heterocycles. The Balaban J connectivity index is 2.62. The molecule has 17 heavy (non-hydrogen) atoms. The maximum Gasteiger partial charge on any atom is 0.228 e. The highest BCUT2D eigenvalue weighted by atomic mass is 18.2. The average molecular weight is 226 g/mol. The van der Waals surface area contributed by atoms with Gasteiger partial charge in [-0.25, -0.2) is 4.39 Å². The van der Waals surface area contributed by atoms with Crippen molar-refractivity contribution in [2.75, 3.05) is 0 Å². The molecule has 0 fully saturated rings. The van der Waals surface area contributed by atoms with Crippen LogP contribution in [0.15, 0.2) is 42.5 Å². The lowest BCUT2D eigenvalue weighted by Gasteiger charge is -2.00. The molecule has 0 amide bonds. The summed E-state index contributed by atoms with van der Waals surface area (Å²) >= 11 is 0. The van der Waals surface area contributed by atoms with Gasteiger partial charge in [0.15, 0.2) is 0 Å². The van der Waals surface area contributed by atoms with E-state index in [0.717, 1.165) is 21.8 Å². The third kappa shape index (κ3) is 1.35. The second-order valence-electron chi connectivity index (χ2n) is 4.03. The Kier molecular flexibility index (Phi) is 2.01. The van der Waals surface area contributed by atoms with Crippen molar-refractivity contribution in [1.82, 2.24) is 4.57 Å². The Bertz CT molecular complexity index is 742. The van der Waals surface area contributed by atoms with Gasteiger partial charge in [-0.15, -0.1) is 0 Å². The molecule has 0 saturated heterocycles. The van der Waals surface area contributed by atoms with E-state index < -0.39 is 0 Å². The fraction of sp³-hybridized carbons (Fsp3) is 0.0714. The number of hydrogen-bond acceptors (Lipinski definition) is 1. The van der Waals surface area contributed by atoms with Crippen LogP contribution in [0, 0.1) is 5.82 Å². The minimum absolute atomic E-state index is 0.0668. The molecule has 1 heterocycles. The second kappa shape index (κ2) is 3.42. The van der Waals surface area contributed by atoms with E-state index in [-0.39, 0.29) is 11.7 Å².